The van der Waals surface area contributed by atoms with Crippen LogP contribution >= 0.6 is 12.6 Å². The van der Waals surface area contributed by atoms with Crippen LogP contribution in [-0.2, 0) is 35.0 Å². The molecule has 8 atom stereocenters. The third-order valence-corrected chi connectivity index (χ3v) is 11.6. The number of anilines is 1. The second kappa shape index (κ2) is 18.3. The highest BCUT2D eigenvalue weighted by atomic mass is 32.1. The van der Waals surface area contributed by atoms with Gasteiger partial charge in [0.05, 0.1) is 12.5 Å². The number of hydrogen-bond donors (Lipinski definition) is 3. The number of nitrogens with zero attached hydrogens (tertiary/aromatic N) is 2. The third-order valence-electron chi connectivity index (χ3n) is 11.3. The number of thiol groups is 1. The number of ether oxygens (including phenoxy) is 3. The number of carbonyl (C=O) groups excluding carboxylic acids is 4. The molecule has 2 N–H and O–H groups in total. The number of aryl methyl sites for hydroxylation is 1. The second-order valence-electron chi connectivity index (χ2n) is 15.7. The molecule has 3 amide bonds. The molecule has 1 aromatic carbocycles. The van der Waals surface area contributed by atoms with Gasteiger partial charge in [0, 0.05) is 44.5 Å². The molecule has 2 fully saturated rings. The Labute approximate surface area is 321 Å². The molecule has 1 aromatic rings. The van der Waals surface area contributed by atoms with Gasteiger partial charge in [-0.2, -0.15) is 12.6 Å². The van der Waals surface area contributed by atoms with Gasteiger partial charge in [-0.25, -0.2) is 9.59 Å². The normalized spacial score (nSPS) is 31.2. The molecular formula is C41H61N3O8S. The lowest BCUT2D eigenvalue weighted by Crippen LogP contribution is -2.60. The van der Waals surface area contributed by atoms with Gasteiger partial charge < -0.3 is 29.1 Å². The molecule has 294 valence electrons. The molecule has 0 saturated carbocycles. The SMILES string of the molecule is C/C1=C\C=C\C(C)C2(O)CC(OC(=O)N2)C(C)C2OC2(C)C(OC(=O)C(C)N(C)C(=O)CCCCCCCCS)CC(=O)N(C)c2cc(C)cc(c2)C1. The molecule has 53 heavy (non-hydrogen) atoms. The molecule has 0 spiro atoms. The fourth-order valence-electron chi connectivity index (χ4n) is 7.41. The van der Waals surface area contributed by atoms with E-state index in [-0.39, 0.29) is 24.7 Å². The van der Waals surface area contributed by atoms with Crippen molar-refractivity contribution in [2.24, 2.45) is 11.8 Å². The average molecular weight is 756 g/mol. The summed E-state index contributed by atoms with van der Waals surface area (Å²) in [6.07, 6.45) is 9.64. The molecule has 3 aliphatic rings. The van der Waals surface area contributed by atoms with Crippen molar-refractivity contribution in [3.8, 4) is 0 Å². The number of unbranched alkanes of at least 4 members (excludes halogenated alkanes) is 5. The quantitative estimate of drug-likeness (QED) is 0.102. The second-order valence-corrected chi connectivity index (χ2v) is 16.1. The predicted molar refractivity (Wildman–Crippen MR) is 209 cm³/mol. The van der Waals surface area contributed by atoms with Crippen molar-refractivity contribution in [3.05, 3.63) is 53.1 Å². The molecule has 0 aliphatic carbocycles. The van der Waals surface area contributed by atoms with Crippen molar-refractivity contribution in [3.63, 3.8) is 0 Å². The zero-order valence-electron chi connectivity index (χ0n) is 32.9. The monoisotopic (exact) mass is 755 g/mol. The predicted octanol–water partition coefficient (Wildman–Crippen LogP) is 6.44. The summed E-state index contributed by atoms with van der Waals surface area (Å²) in [5, 5.41) is 14.3. The van der Waals surface area contributed by atoms with Crippen molar-refractivity contribution in [2.45, 2.75) is 141 Å². The molecule has 11 nitrogen and oxygen atoms in total. The van der Waals surface area contributed by atoms with Crippen LogP contribution in [0.3, 0.4) is 0 Å². The Hall–Kier alpha value is -3.35. The Morgan fingerprint density at radius 2 is 1.79 bits per heavy atom. The standard InChI is InChI=1S/C41H61N3O8S/c1-26-16-15-17-28(3)41(49)25-33(50-39(48)42-41)29(4)37-40(6,52-37)34(24-36(46)44(8)32-22-27(2)21-31(20-26)23-32)51-38(47)30(5)43(7)35(45)18-13-11-9-10-12-14-19-53/h15-17,21-23,28-30,33-34,37,49,53H,9-14,18-20,24-25H2,1-8H3,(H,42,48)/b17-15+,26-16+. The molecular weight excluding hydrogens is 695 g/mol. The van der Waals surface area contributed by atoms with Crippen LogP contribution in [0, 0.1) is 18.8 Å². The maximum Gasteiger partial charge on any atom is 0.409 e. The van der Waals surface area contributed by atoms with E-state index in [9.17, 15) is 24.3 Å². The van der Waals surface area contributed by atoms with E-state index < -0.39 is 59.6 Å². The molecule has 8 unspecified atom stereocenters. The number of amides is 3. The van der Waals surface area contributed by atoms with Crippen molar-refractivity contribution in [1.82, 2.24) is 10.2 Å². The number of carbonyl (C=O) groups is 4. The van der Waals surface area contributed by atoms with E-state index in [2.05, 4.69) is 24.0 Å². The number of epoxide rings is 1. The Kier molecular flexibility index (Phi) is 14.7. The molecule has 0 aromatic heterocycles. The van der Waals surface area contributed by atoms with Gasteiger partial charge in [-0.15, -0.1) is 0 Å². The summed E-state index contributed by atoms with van der Waals surface area (Å²) in [6, 6.07) is 5.10. The number of likely N-dealkylation sites (N-methyl/N-ethyl adjacent to an activating group) is 1. The Bertz CT molecular complexity index is 1550. The van der Waals surface area contributed by atoms with E-state index in [1.54, 1.807) is 32.8 Å². The third kappa shape index (κ3) is 10.9. The Morgan fingerprint density at radius 1 is 1.11 bits per heavy atom. The number of hydrogen-bond acceptors (Lipinski definition) is 9. The van der Waals surface area contributed by atoms with Crippen molar-refractivity contribution < 1.29 is 38.5 Å². The van der Waals surface area contributed by atoms with Crippen LogP contribution in [-0.4, -0.2) is 89.4 Å². The van der Waals surface area contributed by atoms with E-state index in [0.29, 0.717) is 18.5 Å². The Balaban J connectivity index is 1.59. The van der Waals surface area contributed by atoms with Crippen LogP contribution in [0.15, 0.2) is 42.0 Å². The first kappa shape index (κ1) is 42.4. The minimum atomic E-state index is -1.57. The zero-order valence-corrected chi connectivity index (χ0v) is 33.7. The zero-order chi connectivity index (χ0) is 39.1. The highest BCUT2D eigenvalue weighted by Gasteiger charge is 2.64. The molecule has 0 radical (unpaired) electrons. The van der Waals surface area contributed by atoms with Crippen LogP contribution in [0.25, 0.3) is 0 Å². The molecule has 3 aliphatic heterocycles. The largest absolute Gasteiger partial charge is 0.457 e. The molecule has 3 heterocycles. The smallest absolute Gasteiger partial charge is 0.409 e. The van der Waals surface area contributed by atoms with Crippen LogP contribution in [0.4, 0.5) is 10.5 Å². The fraction of sp³-hybridized carbons (Fsp3) is 0.659. The summed E-state index contributed by atoms with van der Waals surface area (Å²) in [6.45, 7) is 11.1. The first-order valence-electron chi connectivity index (χ1n) is 19.2. The summed E-state index contributed by atoms with van der Waals surface area (Å²) in [7, 11) is 3.30. The topological polar surface area (TPSA) is 138 Å². The van der Waals surface area contributed by atoms with Crippen molar-refractivity contribution >= 4 is 42.2 Å². The number of rotatable bonds is 11. The minimum absolute atomic E-state index is 0.0981. The lowest BCUT2D eigenvalue weighted by Gasteiger charge is -2.41. The van der Waals surface area contributed by atoms with Gasteiger partial charge in [0.15, 0.2) is 0 Å². The van der Waals surface area contributed by atoms with E-state index >= 15 is 0 Å². The van der Waals surface area contributed by atoms with Gasteiger partial charge in [0.25, 0.3) is 0 Å². The number of allylic oxidation sites excluding steroid dienone is 3. The maximum absolute atomic E-state index is 14.0. The number of nitrogens with one attached hydrogen (secondary N) is 1. The summed E-state index contributed by atoms with van der Waals surface area (Å²) in [5.74, 6) is -1.06. The summed E-state index contributed by atoms with van der Waals surface area (Å²) >= 11 is 4.26. The minimum Gasteiger partial charge on any atom is -0.457 e. The number of aliphatic hydroxyl groups is 1. The fourth-order valence-corrected chi connectivity index (χ4v) is 7.63. The van der Waals surface area contributed by atoms with Gasteiger partial charge in [-0.3, -0.25) is 14.9 Å². The summed E-state index contributed by atoms with van der Waals surface area (Å²) < 4.78 is 18.1. The van der Waals surface area contributed by atoms with Crippen molar-refractivity contribution in [1.29, 1.82) is 0 Å². The van der Waals surface area contributed by atoms with Crippen LogP contribution in [0.1, 0.15) is 104 Å². The lowest BCUT2D eigenvalue weighted by molar-refractivity contribution is -0.162. The number of esters is 1. The lowest BCUT2D eigenvalue weighted by atomic mass is 9.82. The van der Waals surface area contributed by atoms with Gasteiger partial charge in [0.2, 0.25) is 11.8 Å². The van der Waals surface area contributed by atoms with Crippen LogP contribution in [0.5, 0.6) is 0 Å². The maximum atomic E-state index is 14.0. The first-order chi connectivity index (χ1) is 25.0. The van der Waals surface area contributed by atoms with Gasteiger partial charge >= 0.3 is 12.1 Å². The average Bonchev–Trinajstić information content (AvgIpc) is 3.80. The highest BCUT2D eigenvalue weighted by molar-refractivity contribution is 7.80. The number of fused-ring (bicyclic) bond motifs is 5. The first-order valence-corrected chi connectivity index (χ1v) is 19.8. The summed E-state index contributed by atoms with van der Waals surface area (Å²) in [4.78, 5) is 56.6. The molecule has 2 saturated heterocycles. The number of benzene rings is 1. The van der Waals surface area contributed by atoms with Crippen LogP contribution < -0.4 is 10.2 Å². The molecule has 4 rings (SSSR count). The van der Waals surface area contributed by atoms with E-state index in [1.807, 2.05) is 58.1 Å². The highest BCUT2D eigenvalue weighted by Crippen LogP contribution is 2.49. The Morgan fingerprint density at radius 3 is 2.49 bits per heavy atom. The van der Waals surface area contributed by atoms with Crippen LogP contribution in [0.2, 0.25) is 0 Å². The summed E-state index contributed by atoms with van der Waals surface area (Å²) in [5.41, 5.74) is 1.12. The van der Waals surface area contributed by atoms with E-state index in [4.69, 9.17) is 14.2 Å². The number of alkyl carbamates (subject to hydrolysis) is 1. The molecule has 12 heteroatoms. The van der Waals surface area contributed by atoms with Gasteiger partial charge in [0.1, 0.15) is 29.6 Å². The molecule has 4 bridgehead atoms. The van der Waals surface area contributed by atoms with E-state index in [0.717, 1.165) is 61.0 Å². The van der Waals surface area contributed by atoms with Crippen molar-refractivity contribution in [2.75, 3.05) is 24.7 Å². The van der Waals surface area contributed by atoms with Gasteiger partial charge in [-0.1, -0.05) is 69.4 Å². The van der Waals surface area contributed by atoms with E-state index in [1.165, 1.54) is 4.90 Å². The van der Waals surface area contributed by atoms with Gasteiger partial charge in [-0.05, 0) is 76.0 Å².